The molecular weight excluding hydrogens is 158 g/mol. The van der Waals surface area contributed by atoms with Crippen LogP contribution in [-0.4, -0.2) is 22.5 Å². The van der Waals surface area contributed by atoms with Crippen molar-refractivity contribution in [3.8, 4) is 0 Å². The lowest BCUT2D eigenvalue weighted by Crippen LogP contribution is -2.43. The lowest BCUT2D eigenvalue weighted by Gasteiger charge is -2.11. The van der Waals surface area contributed by atoms with Crippen molar-refractivity contribution in [2.45, 2.75) is 31.2 Å². The van der Waals surface area contributed by atoms with Crippen molar-refractivity contribution in [1.29, 1.82) is 0 Å². The minimum absolute atomic E-state index is 0.0742. The minimum Gasteiger partial charge on any atom is -0.480 e. The number of carboxylic acids is 1. The SMILES string of the molecule is O=C(NC1(C(=O)O)CC1)C1CC1. The van der Waals surface area contributed by atoms with Crippen LogP contribution in [0.3, 0.4) is 0 Å². The standard InChI is InChI=1S/C8H11NO3/c10-6(5-1-2-5)9-8(3-4-8)7(11)12/h5H,1-4H2,(H,9,10)(H,11,12). The third-order valence-corrected chi connectivity index (χ3v) is 2.47. The van der Waals surface area contributed by atoms with E-state index in [-0.39, 0.29) is 11.8 Å². The van der Waals surface area contributed by atoms with Gasteiger partial charge in [0, 0.05) is 5.92 Å². The molecule has 2 rings (SSSR count). The average molecular weight is 169 g/mol. The Morgan fingerprint density at radius 1 is 1.33 bits per heavy atom. The van der Waals surface area contributed by atoms with Crippen molar-refractivity contribution in [2.24, 2.45) is 5.92 Å². The Kier molecular flexibility index (Phi) is 1.40. The number of hydrogen-bond donors (Lipinski definition) is 2. The number of hydrogen-bond acceptors (Lipinski definition) is 2. The van der Waals surface area contributed by atoms with E-state index in [1.54, 1.807) is 0 Å². The van der Waals surface area contributed by atoms with Crippen LogP contribution in [0.2, 0.25) is 0 Å². The highest BCUT2D eigenvalue weighted by Gasteiger charge is 2.52. The topological polar surface area (TPSA) is 66.4 Å². The van der Waals surface area contributed by atoms with Gasteiger partial charge in [-0.3, -0.25) is 4.79 Å². The maximum Gasteiger partial charge on any atom is 0.329 e. The van der Waals surface area contributed by atoms with Gasteiger partial charge in [-0.05, 0) is 25.7 Å². The lowest BCUT2D eigenvalue weighted by molar-refractivity contribution is -0.143. The minimum atomic E-state index is -0.892. The summed E-state index contributed by atoms with van der Waals surface area (Å²) in [7, 11) is 0. The van der Waals surface area contributed by atoms with Crippen LogP contribution in [0.5, 0.6) is 0 Å². The monoisotopic (exact) mass is 169 g/mol. The smallest absolute Gasteiger partial charge is 0.329 e. The molecule has 0 aromatic heterocycles. The molecule has 0 saturated heterocycles. The highest BCUT2D eigenvalue weighted by molar-refractivity contribution is 5.91. The van der Waals surface area contributed by atoms with Crippen LogP contribution < -0.4 is 5.32 Å². The molecule has 0 atom stereocenters. The Balaban J connectivity index is 1.93. The molecule has 2 saturated carbocycles. The van der Waals surface area contributed by atoms with E-state index in [1.807, 2.05) is 0 Å². The van der Waals surface area contributed by atoms with Gasteiger partial charge < -0.3 is 10.4 Å². The van der Waals surface area contributed by atoms with E-state index in [9.17, 15) is 9.59 Å². The summed E-state index contributed by atoms with van der Waals surface area (Å²) in [6.45, 7) is 0. The second-order valence-electron chi connectivity index (χ2n) is 3.65. The van der Waals surface area contributed by atoms with Gasteiger partial charge in [0.2, 0.25) is 5.91 Å². The van der Waals surface area contributed by atoms with Gasteiger partial charge in [-0.1, -0.05) is 0 Å². The zero-order chi connectivity index (χ0) is 8.77. The second-order valence-corrected chi connectivity index (χ2v) is 3.65. The zero-order valence-corrected chi connectivity index (χ0v) is 6.67. The first-order valence-corrected chi connectivity index (χ1v) is 4.19. The van der Waals surface area contributed by atoms with E-state index in [4.69, 9.17) is 5.11 Å². The van der Waals surface area contributed by atoms with Crippen molar-refractivity contribution in [3.05, 3.63) is 0 Å². The van der Waals surface area contributed by atoms with Crippen LogP contribution in [0.4, 0.5) is 0 Å². The highest BCUT2D eigenvalue weighted by Crippen LogP contribution is 2.38. The molecule has 12 heavy (non-hydrogen) atoms. The van der Waals surface area contributed by atoms with E-state index in [2.05, 4.69) is 5.32 Å². The normalized spacial score (nSPS) is 24.7. The Morgan fingerprint density at radius 2 is 1.92 bits per heavy atom. The molecule has 0 aliphatic heterocycles. The third kappa shape index (κ3) is 1.17. The number of nitrogens with one attached hydrogen (secondary N) is 1. The number of rotatable bonds is 3. The van der Waals surface area contributed by atoms with Crippen LogP contribution in [-0.2, 0) is 9.59 Å². The molecule has 66 valence electrons. The van der Waals surface area contributed by atoms with E-state index in [0.717, 1.165) is 12.8 Å². The second kappa shape index (κ2) is 2.21. The summed E-state index contributed by atoms with van der Waals surface area (Å²) in [5.74, 6) is -0.867. The number of aliphatic carboxylic acids is 1. The van der Waals surface area contributed by atoms with Gasteiger partial charge in [-0.25, -0.2) is 4.79 Å². The fourth-order valence-electron chi connectivity index (χ4n) is 1.20. The molecule has 4 nitrogen and oxygen atoms in total. The summed E-state index contributed by atoms with van der Waals surface area (Å²) in [4.78, 5) is 21.8. The van der Waals surface area contributed by atoms with Crippen molar-refractivity contribution in [3.63, 3.8) is 0 Å². The summed E-state index contributed by atoms with van der Waals surface area (Å²) < 4.78 is 0. The third-order valence-electron chi connectivity index (χ3n) is 2.47. The summed E-state index contributed by atoms with van der Waals surface area (Å²) in [5.41, 5.74) is -0.889. The van der Waals surface area contributed by atoms with E-state index >= 15 is 0 Å². The molecule has 2 aliphatic carbocycles. The van der Waals surface area contributed by atoms with Crippen molar-refractivity contribution in [1.82, 2.24) is 5.32 Å². The van der Waals surface area contributed by atoms with Gasteiger partial charge in [0.25, 0.3) is 0 Å². The summed E-state index contributed by atoms with van der Waals surface area (Å²) in [6.07, 6.45) is 3.00. The molecule has 0 heterocycles. The number of carbonyl (C=O) groups is 2. The maximum absolute atomic E-state index is 11.2. The molecule has 0 bridgehead atoms. The van der Waals surface area contributed by atoms with Crippen LogP contribution >= 0.6 is 0 Å². The van der Waals surface area contributed by atoms with Crippen LogP contribution in [0.1, 0.15) is 25.7 Å². The van der Waals surface area contributed by atoms with Gasteiger partial charge in [0.05, 0.1) is 0 Å². The molecule has 2 aliphatic rings. The molecule has 2 N–H and O–H groups in total. The fraction of sp³-hybridized carbons (Fsp3) is 0.750. The predicted molar refractivity (Wildman–Crippen MR) is 40.5 cm³/mol. The number of carboxylic acid groups (broad SMARTS) is 1. The maximum atomic E-state index is 11.2. The quantitative estimate of drug-likeness (QED) is 0.631. The Labute approximate surface area is 69.9 Å². The number of amides is 1. The first-order valence-electron chi connectivity index (χ1n) is 4.19. The molecule has 0 aromatic rings. The average Bonchev–Trinajstić information content (AvgIpc) is 2.84. The number of carbonyl (C=O) groups excluding carboxylic acids is 1. The summed E-state index contributed by atoms with van der Waals surface area (Å²) in [6, 6.07) is 0. The molecule has 0 aromatic carbocycles. The van der Waals surface area contributed by atoms with Crippen LogP contribution in [0.15, 0.2) is 0 Å². The molecule has 0 spiro atoms. The van der Waals surface area contributed by atoms with Crippen molar-refractivity contribution < 1.29 is 14.7 Å². The highest BCUT2D eigenvalue weighted by atomic mass is 16.4. The Morgan fingerprint density at radius 3 is 2.25 bits per heavy atom. The van der Waals surface area contributed by atoms with Crippen LogP contribution in [0, 0.1) is 5.92 Å². The van der Waals surface area contributed by atoms with Gasteiger partial charge >= 0.3 is 5.97 Å². The molecule has 1 amide bonds. The molecule has 4 heteroatoms. The first-order chi connectivity index (χ1) is 5.64. The first kappa shape index (κ1) is 7.58. The molecule has 0 unspecified atom stereocenters. The molecular formula is C8H11NO3. The van der Waals surface area contributed by atoms with Gasteiger partial charge in [-0.15, -0.1) is 0 Å². The molecule has 2 fully saturated rings. The van der Waals surface area contributed by atoms with E-state index in [0.29, 0.717) is 12.8 Å². The van der Waals surface area contributed by atoms with Gasteiger partial charge in [-0.2, -0.15) is 0 Å². The van der Waals surface area contributed by atoms with Crippen LogP contribution in [0.25, 0.3) is 0 Å². The van der Waals surface area contributed by atoms with Crippen molar-refractivity contribution >= 4 is 11.9 Å². The van der Waals surface area contributed by atoms with Gasteiger partial charge in [0.1, 0.15) is 5.54 Å². The summed E-state index contributed by atoms with van der Waals surface area (Å²) in [5, 5.41) is 11.3. The van der Waals surface area contributed by atoms with E-state index < -0.39 is 11.5 Å². The predicted octanol–water partition coefficient (Wildman–Crippen LogP) is 0.130. The lowest BCUT2D eigenvalue weighted by atomic mass is 10.2. The van der Waals surface area contributed by atoms with Crippen molar-refractivity contribution in [2.75, 3.05) is 0 Å². The Bertz CT molecular complexity index is 241. The largest absolute Gasteiger partial charge is 0.480 e. The fourth-order valence-corrected chi connectivity index (χ4v) is 1.20. The molecule has 0 radical (unpaired) electrons. The van der Waals surface area contributed by atoms with E-state index in [1.165, 1.54) is 0 Å². The zero-order valence-electron chi connectivity index (χ0n) is 6.67. The van der Waals surface area contributed by atoms with Gasteiger partial charge in [0.15, 0.2) is 0 Å². The summed E-state index contributed by atoms with van der Waals surface area (Å²) >= 11 is 0. The Hall–Kier alpha value is -1.06.